The van der Waals surface area contributed by atoms with Gasteiger partial charge in [-0.15, -0.1) is 0 Å². The summed E-state index contributed by atoms with van der Waals surface area (Å²) in [6, 6.07) is 8.88. The minimum Gasteiger partial charge on any atom is -0.508 e. The molecule has 0 heterocycles. The summed E-state index contributed by atoms with van der Waals surface area (Å²) in [5.74, 6) is -0.656. The molecule has 0 aliphatic heterocycles. The third kappa shape index (κ3) is 2.04. The number of carboxylic acids is 1. The van der Waals surface area contributed by atoms with Crippen LogP contribution in [0.2, 0.25) is 5.02 Å². The van der Waals surface area contributed by atoms with E-state index in [9.17, 15) is 9.90 Å². The Hall–Kier alpha value is -1.74. The van der Waals surface area contributed by atoms with Gasteiger partial charge in [0.05, 0.1) is 6.42 Å². The molecule has 3 rings (SSSR count). The highest BCUT2D eigenvalue weighted by Gasteiger charge is 2.48. The van der Waals surface area contributed by atoms with Crippen molar-refractivity contribution in [3.8, 4) is 5.75 Å². The van der Waals surface area contributed by atoms with Crippen LogP contribution in [0.4, 0.5) is 0 Å². The lowest BCUT2D eigenvalue weighted by molar-refractivity contribution is -0.137. The summed E-state index contributed by atoms with van der Waals surface area (Å²) >= 11 is 5.97. The predicted molar refractivity (Wildman–Crippen MR) is 73.8 cm³/mol. The summed E-state index contributed by atoms with van der Waals surface area (Å²) in [5, 5.41) is 21.6. The van der Waals surface area contributed by atoms with Crippen LogP contribution in [0.1, 0.15) is 24.8 Å². The minimum atomic E-state index is -0.831. The van der Waals surface area contributed by atoms with Gasteiger partial charge in [0.15, 0.2) is 0 Å². The van der Waals surface area contributed by atoms with Gasteiger partial charge in [0, 0.05) is 16.0 Å². The SMILES string of the molecule is O=C(O)CC1(c2c(O)ccc3cc(Cl)ccc23)CC1. The number of fused-ring (bicyclic) bond motifs is 1. The first-order valence-electron chi connectivity index (χ1n) is 6.15. The number of phenols is 1. The number of hydrogen-bond donors (Lipinski definition) is 2. The van der Waals surface area contributed by atoms with Gasteiger partial charge >= 0.3 is 5.97 Å². The molecule has 0 radical (unpaired) electrons. The average molecular weight is 277 g/mol. The molecule has 2 aromatic rings. The van der Waals surface area contributed by atoms with Crippen LogP contribution >= 0.6 is 11.6 Å². The monoisotopic (exact) mass is 276 g/mol. The summed E-state index contributed by atoms with van der Waals surface area (Å²) in [4.78, 5) is 11.0. The molecule has 1 aliphatic rings. The van der Waals surface area contributed by atoms with Gasteiger partial charge in [-0.05, 0) is 41.8 Å². The molecule has 0 saturated heterocycles. The second-order valence-electron chi connectivity index (χ2n) is 5.18. The largest absolute Gasteiger partial charge is 0.508 e. The van der Waals surface area contributed by atoms with E-state index in [-0.39, 0.29) is 12.2 Å². The van der Waals surface area contributed by atoms with Crippen molar-refractivity contribution >= 4 is 28.3 Å². The molecule has 2 N–H and O–H groups in total. The molecule has 2 aromatic carbocycles. The third-order valence-corrected chi connectivity index (χ3v) is 4.07. The molecule has 19 heavy (non-hydrogen) atoms. The van der Waals surface area contributed by atoms with Gasteiger partial charge < -0.3 is 10.2 Å². The zero-order chi connectivity index (χ0) is 13.6. The fourth-order valence-electron chi connectivity index (χ4n) is 2.80. The molecular weight excluding hydrogens is 264 g/mol. The molecule has 4 heteroatoms. The number of rotatable bonds is 3. The number of carboxylic acid groups (broad SMARTS) is 1. The van der Waals surface area contributed by atoms with Gasteiger partial charge in [-0.2, -0.15) is 0 Å². The first-order valence-corrected chi connectivity index (χ1v) is 6.53. The second-order valence-corrected chi connectivity index (χ2v) is 5.61. The van der Waals surface area contributed by atoms with Crippen LogP contribution in [0, 0.1) is 0 Å². The van der Waals surface area contributed by atoms with E-state index in [0.717, 1.165) is 29.2 Å². The van der Waals surface area contributed by atoms with E-state index < -0.39 is 11.4 Å². The number of carbonyl (C=O) groups is 1. The van der Waals surface area contributed by atoms with E-state index in [2.05, 4.69) is 0 Å². The van der Waals surface area contributed by atoms with Crippen LogP contribution in [0.25, 0.3) is 10.8 Å². The number of phenolic OH excluding ortho intramolecular Hbond substituents is 1. The Balaban J connectivity index is 2.22. The number of aliphatic carboxylic acids is 1. The van der Waals surface area contributed by atoms with Crippen molar-refractivity contribution in [3.05, 3.63) is 40.9 Å². The standard InChI is InChI=1S/C15H13ClO3/c16-10-2-3-11-9(7-10)1-4-12(17)14(11)15(5-6-15)8-13(18)19/h1-4,7,17H,5-6,8H2,(H,18,19). The van der Waals surface area contributed by atoms with E-state index in [1.54, 1.807) is 18.2 Å². The van der Waals surface area contributed by atoms with Crippen molar-refractivity contribution in [2.75, 3.05) is 0 Å². The highest BCUT2D eigenvalue weighted by Crippen LogP contribution is 2.55. The van der Waals surface area contributed by atoms with Crippen molar-refractivity contribution in [3.63, 3.8) is 0 Å². The lowest BCUT2D eigenvalue weighted by Gasteiger charge is -2.18. The summed E-state index contributed by atoms with van der Waals surface area (Å²) < 4.78 is 0. The molecule has 3 nitrogen and oxygen atoms in total. The Morgan fingerprint density at radius 2 is 2.00 bits per heavy atom. The Labute approximate surface area is 115 Å². The van der Waals surface area contributed by atoms with Crippen molar-refractivity contribution in [2.24, 2.45) is 0 Å². The topological polar surface area (TPSA) is 57.5 Å². The fraction of sp³-hybridized carbons (Fsp3) is 0.267. The normalized spacial score (nSPS) is 16.5. The van der Waals surface area contributed by atoms with Crippen molar-refractivity contribution < 1.29 is 15.0 Å². The van der Waals surface area contributed by atoms with Gasteiger partial charge in [0.25, 0.3) is 0 Å². The highest BCUT2D eigenvalue weighted by atomic mass is 35.5. The van der Waals surface area contributed by atoms with Crippen LogP contribution in [-0.2, 0) is 10.2 Å². The molecule has 0 aromatic heterocycles. The van der Waals surface area contributed by atoms with Crippen LogP contribution < -0.4 is 0 Å². The molecule has 1 fully saturated rings. The second kappa shape index (κ2) is 4.14. The maximum Gasteiger partial charge on any atom is 0.304 e. The average Bonchev–Trinajstić information content (AvgIpc) is 3.08. The van der Waals surface area contributed by atoms with Gasteiger partial charge in [-0.3, -0.25) is 4.79 Å². The predicted octanol–water partition coefficient (Wildman–Crippen LogP) is 3.71. The number of hydrogen-bond acceptors (Lipinski definition) is 2. The van der Waals surface area contributed by atoms with E-state index in [1.165, 1.54) is 0 Å². The molecule has 1 saturated carbocycles. The Morgan fingerprint density at radius 3 is 2.63 bits per heavy atom. The number of benzene rings is 2. The van der Waals surface area contributed by atoms with E-state index >= 15 is 0 Å². The smallest absolute Gasteiger partial charge is 0.304 e. The first kappa shape index (κ1) is 12.3. The molecule has 0 bridgehead atoms. The van der Waals surface area contributed by atoms with Gasteiger partial charge in [-0.1, -0.05) is 23.7 Å². The summed E-state index contributed by atoms with van der Waals surface area (Å²) in [6.45, 7) is 0. The van der Waals surface area contributed by atoms with E-state index in [0.29, 0.717) is 5.02 Å². The maximum atomic E-state index is 11.0. The van der Waals surface area contributed by atoms with Gasteiger partial charge in [0.2, 0.25) is 0 Å². The molecular formula is C15H13ClO3. The van der Waals surface area contributed by atoms with Crippen LogP contribution in [0.15, 0.2) is 30.3 Å². The van der Waals surface area contributed by atoms with Crippen LogP contribution in [0.5, 0.6) is 5.75 Å². The Kier molecular flexibility index (Phi) is 2.68. The van der Waals surface area contributed by atoms with Crippen molar-refractivity contribution in [1.29, 1.82) is 0 Å². The Bertz CT molecular complexity index is 674. The van der Waals surface area contributed by atoms with E-state index in [4.69, 9.17) is 16.7 Å². The summed E-state index contributed by atoms with van der Waals surface area (Å²) in [7, 11) is 0. The first-order chi connectivity index (χ1) is 9.02. The van der Waals surface area contributed by atoms with E-state index in [1.807, 2.05) is 12.1 Å². The Morgan fingerprint density at radius 1 is 1.26 bits per heavy atom. The van der Waals surface area contributed by atoms with Crippen molar-refractivity contribution in [1.82, 2.24) is 0 Å². The van der Waals surface area contributed by atoms with Crippen molar-refractivity contribution in [2.45, 2.75) is 24.7 Å². The quantitative estimate of drug-likeness (QED) is 0.898. The lowest BCUT2D eigenvalue weighted by atomic mass is 9.87. The molecule has 0 unspecified atom stereocenters. The fourth-order valence-corrected chi connectivity index (χ4v) is 2.98. The summed E-state index contributed by atoms with van der Waals surface area (Å²) in [6.07, 6.45) is 1.66. The number of halogens is 1. The highest BCUT2D eigenvalue weighted by molar-refractivity contribution is 6.31. The van der Waals surface area contributed by atoms with Crippen LogP contribution in [-0.4, -0.2) is 16.2 Å². The molecule has 0 atom stereocenters. The molecule has 0 amide bonds. The zero-order valence-corrected chi connectivity index (χ0v) is 10.9. The number of aromatic hydroxyl groups is 1. The lowest BCUT2D eigenvalue weighted by Crippen LogP contribution is -2.13. The third-order valence-electron chi connectivity index (χ3n) is 3.83. The van der Waals surface area contributed by atoms with Gasteiger partial charge in [-0.25, -0.2) is 0 Å². The zero-order valence-electron chi connectivity index (χ0n) is 10.2. The molecule has 1 aliphatic carbocycles. The maximum absolute atomic E-state index is 11.0. The molecule has 98 valence electrons. The van der Waals surface area contributed by atoms with Crippen LogP contribution in [0.3, 0.4) is 0 Å². The summed E-state index contributed by atoms with van der Waals surface area (Å²) in [5.41, 5.74) is 0.340. The van der Waals surface area contributed by atoms with Gasteiger partial charge in [0.1, 0.15) is 5.75 Å². The molecule has 0 spiro atoms. The minimum absolute atomic E-state index is 0.0578.